The van der Waals surface area contributed by atoms with Gasteiger partial charge in [-0.1, -0.05) is 18.2 Å². The van der Waals surface area contributed by atoms with Gasteiger partial charge in [0, 0.05) is 39.0 Å². The van der Waals surface area contributed by atoms with E-state index in [2.05, 4.69) is 10.3 Å². The summed E-state index contributed by atoms with van der Waals surface area (Å²) in [5.74, 6) is 0.904. The first-order chi connectivity index (χ1) is 9.48. The Hall–Kier alpha value is -1.82. The van der Waals surface area contributed by atoms with E-state index in [4.69, 9.17) is 0 Å². The highest BCUT2D eigenvalue weighted by Crippen LogP contribution is 2.31. The van der Waals surface area contributed by atoms with Crippen molar-refractivity contribution in [3.05, 3.63) is 53.6 Å². The van der Waals surface area contributed by atoms with Crippen molar-refractivity contribution in [2.75, 3.05) is 6.54 Å². The molecule has 2 aromatic rings. The van der Waals surface area contributed by atoms with Crippen LogP contribution in [0.2, 0.25) is 0 Å². The summed E-state index contributed by atoms with van der Waals surface area (Å²) in [6.45, 7) is 0.775. The van der Waals surface area contributed by atoms with Crippen LogP contribution in [0.1, 0.15) is 17.0 Å². The Morgan fingerprint density at radius 1 is 1.25 bits per heavy atom. The number of nitrogens with one attached hydrogen (secondary N) is 1. The SMILES string of the molecule is Cn1ccnc1CCNCc1ccccc1C(F)(F)F. The molecule has 108 valence electrons. The predicted octanol–water partition coefficient (Wildman–Crippen LogP) is 2.77. The lowest BCUT2D eigenvalue weighted by atomic mass is 10.1. The van der Waals surface area contributed by atoms with Crippen LogP contribution in [0.15, 0.2) is 36.7 Å². The van der Waals surface area contributed by atoms with Crippen molar-refractivity contribution in [2.45, 2.75) is 19.1 Å². The van der Waals surface area contributed by atoms with E-state index >= 15 is 0 Å². The number of benzene rings is 1. The topological polar surface area (TPSA) is 29.9 Å². The molecule has 0 aliphatic heterocycles. The molecule has 1 heterocycles. The third-order valence-corrected chi connectivity index (χ3v) is 3.08. The van der Waals surface area contributed by atoms with E-state index in [0.717, 1.165) is 11.9 Å². The van der Waals surface area contributed by atoms with Crippen molar-refractivity contribution in [3.8, 4) is 0 Å². The van der Waals surface area contributed by atoms with Crippen LogP contribution >= 0.6 is 0 Å². The molecule has 0 radical (unpaired) electrons. The van der Waals surface area contributed by atoms with E-state index in [1.807, 2.05) is 17.8 Å². The minimum atomic E-state index is -4.31. The number of aryl methyl sites for hydroxylation is 1. The summed E-state index contributed by atoms with van der Waals surface area (Å²) >= 11 is 0. The Kier molecular flexibility index (Phi) is 4.44. The highest BCUT2D eigenvalue weighted by atomic mass is 19.4. The van der Waals surface area contributed by atoms with Crippen LogP contribution in [-0.4, -0.2) is 16.1 Å². The summed E-state index contributed by atoms with van der Waals surface area (Å²) in [4.78, 5) is 4.16. The molecule has 1 aromatic carbocycles. The largest absolute Gasteiger partial charge is 0.416 e. The standard InChI is InChI=1S/C14H16F3N3/c1-20-9-8-19-13(20)6-7-18-10-11-4-2-3-5-12(11)14(15,16)17/h2-5,8-9,18H,6-7,10H2,1H3. The molecule has 0 saturated heterocycles. The molecule has 0 bridgehead atoms. The van der Waals surface area contributed by atoms with Gasteiger partial charge in [0.15, 0.2) is 0 Å². The average molecular weight is 283 g/mol. The van der Waals surface area contributed by atoms with Gasteiger partial charge in [0.2, 0.25) is 0 Å². The van der Waals surface area contributed by atoms with Crippen molar-refractivity contribution < 1.29 is 13.2 Å². The number of imidazole rings is 1. The number of aromatic nitrogens is 2. The van der Waals surface area contributed by atoms with E-state index in [-0.39, 0.29) is 12.1 Å². The summed E-state index contributed by atoms with van der Waals surface area (Å²) < 4.78 is 40.3. The van der Waals surface area contributed by atoms with E-state index in [1.165, 1.54) is 12.1 Å². The molecule has 20 heavy (non-hydrogen) atoms. The van der Waals surface area contributed by atoms with Crippen molar-refractivity contribution in [1.82, 2.24) is 14.9 Å². The predicted molar refractivity (Wildman–Crippen MR) is 70.1 cm³/mol. The van der Waals surface area contributed by atoms with Gasteiger partial charge in [0.25, 0.3) is 0 Å². The van der Waals surface area contributed by atoms with Gasteiger partial charge in [-0.25, -0.2) is 4.98 Å². The third kappa shape index (κ3) is 3.60. The van der Waals surface area contributed by atoms with Crippen LogP contribution in [0.3, 0.4) is 0 Å². The zero-order chi connectivity index (χ0) is 14.6. The summed E-state index contributed by atoms with van der Waals surface area (Å²) in [7, 11) is 1.89. The van der Waals surface area contributed by atoms with Gasteiger partial charge in [-0.15, -0.1) is 0 Å². The fraction of sp³-hybridized carbons (Fsp3) is 0.357. The number of rotatable bonds is 5. The second kappa shape index (κ2) is 6.09. The second-order valence-electron chi connectivity index (χ2n) is 4.54. The quantitative estimate of drug-likeness (QED) is 0.855. The van der Waals surface area contributed by atoms with Crippen LogP contribution in [0, 0.1) is 0 Å². The highest BCUT2D eigenvalue weighted by Gasteiger charge is 2.32. The molecule has 2 rings (SSSR count). The molecule has 0 aliphatic carbocycles. The third-order valence-electron chi connectivity index (χ3n) is 3.08. The molecule has 1 N–H and O–H groups in total. The summed E-state index contributed by atoms with van der Waals surface area (Å²) in [5, 5.41) is 3.03. The van der Waals surface area contributed by atoms with E-state index in [1.54, 1.807) is 12.3 Å². The Morgan fingerprint density at radius 2 is 2.00 bits per heavy atom. The Balaban J connectivity index is 1.90. The fourth-order valence-corrected chi connectivity index (χ4v) is 2.01. The normalized spacial score (nSPS) is 11.8. The number of nitrogens with zero attached hydrogens (tertiary/aromatic N) is 2. The van der Waals surface area contributed by atoms with Crippen LogP contribution in [-0.2, 0) is 26.2 Å². The molecule has 0 saturated carbocycles. The van der Waals surface area contributed by atoms with Gasteiger partial charge >= 0.3 is 6.18 Å². The lowest BCUT2D eigenvalue weighted by molar-refractivity contribution is -0.138. The summed E-state index contributed by atoms with van der Waals surface area (Å²) in [6.07, 6.45) is -0.0851. The van der Waals surface area contributed by atoms with Crippen molar-refractivity contribution in [3.63, 3.8) is 0 Å². The molecule has 1 aromatic heterocycles. The molecule has 0 unspecified atom stereocenters. The molecule has 6 heteroatoms. The van der Waals surface area contributed by atoms with Crippen LogP contribution in [0.25, 0.3) is 0 Å². The van der Waals surface area contributed by atoms with E-state index < -0.39 is 11.7 Å². The maximum Gasteiger partial charge on any atom is 0.416 e. The molecular weight excluding hydrogens is 267 g/mol. The first-order valence-corrected chi connectivity index (χ1v) is 6.30. The fourth-order valence-electron chi connectivity index (χ4n) is 2.01. The lowest BCUT2D eigenvalue weighted by Crippen LogP contribution is -2.20. The van der Waals surface area contributed by atoms with Gasteiger partial charge in [0.05, 0.1) is 5.56 Å². The van der Waals surface area contributed by atoms with E-state index in [0.29, 0.717) is 13.0 Å². The van der Waals surface area contributed by atoms with Crippen LogP contribution < -0.4 is 5.32 Å². The maximum absolute atomic E-state index is 12.8. The molecule has 0 fully saturated rings. The minimum absolute atomic E-state index is 0.195. The number of alkyl halides is 3. The average Bonchev–Trinajstić information content (AvgIpc) is 2.80. The van der Waals surface area contributed by atoms with Crippen molar-refractivity contribution in [2.24, 2.45) is 7.05 Å². The highest BCUT2D eigenvalue weighted by molar-refractivity contribution is 5.29. The first-order valence-electron chi connectivity index (χ1n) is 6.30. The molecule has 0 aliphatic rings. The van der Waals surface area contributed by atoms with Crippen molar-refractivity contribution >= 4 is 0 Å². The molecule has 0 spiro atoms. The van der Waals surface area contributed by atoms with Gasteiger partial charge in [-0.05, 0) is 11.6 Å². The second-order valence-corrected chi connectivity index (χ2v) is 4.54. The Morgan fingerprint density at radius 3 is 2.65 bits per heavy atom. The van der Waals surface area contributed by atoms with Crippen LogP contribution in [0.5, 0.6) is 0 Å². The lowest BCUT2D eigenvalue weighted by Gasteiger charge is -2.13. The van der Waals surface area contributed by atoms with Gasteiger partial charge in [0.1, 0.15) is 5.82 Å². The minimum Gasteiger partial charge on any atom is -0.338 e. The molecular formula is C14H16F3N3. The van der Waals surface area contributed by atoms with Gasteiger partial charge in [-0.2, -0.15) is 13.2 Å². The molecule has 3 nitrogen and oxygen atoms in total. The number of hydrogen-bond acceptors (Lipinski definition) is 2. The summed E-state index contributed by atoms with van der Waals surface area (Å²) in [6, 6.07) is 5.62. The smallest absolute Gasteiger partial charge is 0.338 e. The van der Waals surface area contributed by atoms with Crippen molar-refractivity contribution in [1.29, 1.82) is 0 Å². The Labute approximate surface area is 115 Å². The molecule has 0 amide bonds. The van der Waals surface area contributed by atoms with Gasteiger partial charge in [-0.3, -0.25) is 0 Å². The Bertz CT molecular complexity index is 561. The monoisotopic (exact) mass is 283 g/mol. The maximum atomic E-state index is 12.8. The first kappa shape index (κ1) is 14.6. The van der Waals surface area contributed by atoms with E-state index in [9.17, 15) is 13.2 Å². The summed E-state index contributed by atoms with van der Waals surface area (Å²) in [5.41, 5.74) is -0.315. The van der Waals surface area contributed by atoms with Crippen LogP contribution in [0.4, 0.5) is 13.2 Å². The zero-order valence-electron chi connectivity index (χ0n) is 11.1. The molecule has 0 atom stereocenters. The number of hydrogen-bond donors (Lipinski definition) is 1. The number of halogens is 3. The zero-order valence-corrected chi connectivity index (χ0v) is 11.1. The van der Waals surface area contributed by atoms with Gasteiger partial charge < -0.3 is 9.88 Å².